The zero-order chi connectivity index (χ0) is 34.8. The van der Waals surface area contributed by atoms with Crippen molar-refractivity contribution in [3.63, 3.8) is 0 Å². The molecule has 0 bridgehead atoms. The van der Waals surface area contributed by atoms with Crippen molar-refractivity contribution in [3.8, 4) is 29.1 Å². The molecule has 3 saturated heterocycles. The summed E-state index contributed by atoms with van der Waals surface area (Å²) in [6.45, 7) is 3.78. The van der Waals surface area contributed by atoms with Gasteiger partial charge in [0.15, 0.2) is 12.3 Å². The Morgan fingerprint density at radius 1 is 1.20 bits per heavy atom. The van der Waals surface area contributed by atoms with Crippen LogP contribution in [0.15, 0.2) is 36.9 Å². The van der Waals surface area contributed by atoms with Gasteiger partial charge in [0.1, 0.15) is 29.7 Å². The first-order chi connectivity index (χ1) is 23.3. The van der Waals surface area contributed by atoms with Crippen molar-refractivity contribution in [2.24, 2.45) is 0 Å². The molecule has 16 heteroatoms. The second kappa shape index (κ2) is 12.1. The molecule has 3 aliphatic rings. The number of fused-ring (bicyclic) bond motifs is 3. The molecule has 0 aliphatic carbocycles. The molecule has 3 aliphatic heterocycles. The fourth-order valence-corrected chi connectivity index (χ4v) is 8.16. The monoisotopic (exact) mass is 702 g/mol. The number of thiophene rings is 1. The molecular formula is C33H28F6N6O3S. The zero-order valence-corrected chi connectivity index (χ0v) is 26.5. The van der Waals surface area contributed by atoms with Crippen molar-refractivity contribution in [2.45, 2.75) is 49.4 Å². The normalized spacial score (nSPS) is 24.0. The molecule has 0 saturated carbocycles. The predicted molar refractivity (Wildman–Crippen MR) is 169 cm³/mol. The van der Waals surface area contributed by atoms with Gasteiger partial charge >= 0.3 is 12.2 Å². The minimum Gasteiger partial charge on any atom is -0.469 e. The van der Waals surface area contributed by atoms with Crippen molar-refractivity contribution in [3.05, 3.63) is 53.9 Å². The molecule has 2 aromatic carbocycles. The number of anilines is 1. The number of alkyl halides is 5. The first-order valence-corrected chi connectivity index (χ1v) is 16.2. The molecule has 7 rings (SSSR count). The molecule has 256 valence electrons. The lowest BCUT2D eigenvalue weighted by Crippen LogP contribution is -2.43. The van der Waals surface area contributed by atoms with Gasteiger partial charge in [-0.25, -0.2) is 13.2 Å². The Labute approximate surface area is 279 Å². The number of ether oxygens (including phenoxy) is 2. The first kappa shape index (κ1) is 32.9. The molecule has 49 heavy (non-hydrogen) atoms. The van der Waals surface area contributed by atoms with Crippen molar-refractivity contribution >= 4 is 43.2 Å². The number of hydrogen-bond donors (Lipinski definition) is 1. The summed E-state index contributed by atoms with van der Waals surface area (Å²) in [5.74, 6) is -1.73. The summed E-state index contributed by atoms with van der Waals surface area (Å²) in [6, 6.07) is 5.54. The lowest BCUT2D eigenvalue weighted by atomic mass is 9.93. The smallest absolute Gasteiger partial charge is 0.417 e. The number of hydrogen-bond acceptors (Lipinski definition) is 9. The van der Waals surface area contributed by atoms with Crippen LogP contribution in [0.4, 0.5) is 31.3 Å². The molecule has 0 unspecified atom stereocenters. The van der Waals surface area contributed by atoms with E-state index >= 15 is 4.39 Å². The molecular weight excluding hydrogens is 674 g/mol. The number of carbonyl (C=O) groups is 1. The lowest BCUT2D eigenvalue weighted by molar-refractivity contribution is -0.137. The van der Waals surface area contributed by atoms with Crippen LogP contribution >= 0.6 is 11.3 Å². The molecule has 5 heterocycles. The van der Waals surface area contributed by atoms with E-state index in [-0.39, 0.29) is 75.8 Å². The van der Waals surface area contributed by atoms with E-state index in [4.69, 9.17) is 15.2 Å². The first-order valence-electron chi connectivity index (χ1n) is 15.4. The highest BCUT2D eigenvalue weighted by molar-refractivity contribution is 7.23. The minimum absolute atomic E-state index is 0.0130. The predicted octanol–water partition coefficient (Wildman–Crippen LogP) is 6.19. The molecule has 9 nitrogen and oxygen atoms in total. The number of halogens is 6. The van der Waals surface area contributed by atoms with E-state index in [0.717, 1.165) is 53.0 Å². The van der Waals surface area contributed by atoms with Crippen LogP contribution < -0.4 is 15.2 Å². The summed E-state index contributed by atoms with van der Waals surface area (Å²) in [4.78, 5) is 24.0. The maximum Gasteiger partial charge on any atom is 0.417 e. The second-order valence-corrected chi connectivity index (χ2v) is 13.5. The second-order valence-electron chi connectivity index (χ2n) is 12.5. The molecule has 1 amide bonds. The highest BCUT2D eigenvalue weighted by Crippen LogP contribution is 2.47. The van der Waals surface area contributed by atoms with E-state index in [0.29, 0.717) is 13.0 Å². The quantitative estimate of drug-likeness (QED) is 0.179. The van der Waals surface area contributed by atoms with E-state index in [9.17, 15) is 32.0 Å². The van der Waals surface area contributed by atoms with Gasteiger partial charge in [0.05, 0.1) is 45.4 Å². The average molecular weight is 703 g/mol. The number of nitriles is 1. The van der Waals surface area contributed by atoms with Crippen molar-refractivity contribution in [1.29, 1.82) is 5.26 Å². The van der Waals surface area contributed by atoms with Crippen molar-refractivity contribution in [1.82, 2.24) is 19.8 Å². The number of rotatable bonds is 7. The van der Waals surface area contributed by atoms with Gasteiger partial charge in [0, 0.05) is 18.4 Å². The molecule has 0 spiro atoms. The van der Waals surface area contributed by atoms with Gasteiger partial charge < -0.3 is 20.1 Å². The number of likely N-dealkylation sites (tertiary alicyclic amines) is 1. The van der Waals surface area contributed by atoms with Gasteiger partial charge in [-0.05, 0) is 54.8 Å². The Kier molecular flexibility index (Phi) is 8.10. The highest BCUT2D eigenvalue weighted by atomic mass is 32.1. The Balaban J connectivity index is 1.39. The van der Waals surface area contributed by atoms with Crippen molar-refractivity contribution in [2.75, 3.05) is 38.5 Å². The Bertz CT molecular complexity index is 2050. The number of benzene rings is 2. The number of nitrogens with two attached hydrogens (primary N) is 1. The topological polar surface area (TPSA) is 118 Å². The summed E-state index contributed by atoms with van der Waals surface area (Å²) >= 11 is 0.741. The van der Waals surface area contributed by atoms with Gasteiger partial charge in [0.2, 0.25) is 11.8 Å². The largest absolute Gasteiger partial charge is 0.469 e. The number of nitrogen functional groups attached to an aromatic ring is 1. The third kappa shape index (κ3) is 5.68. The minimum atomic E-state index is -4.98. The van der Waals surface area contributed by atoms with E-state index < -0.39 is 58.9 Å². The van der Waals surface area contributed by atoms with Gasteiger partial charge in [-0.3, -0.25) is 9.69 Å². The van der Waals surface area contributed by atoms with Crippen LogP contribution in [0.3, 0.4) is 0 Å². The number of nitrogens with zero attached hydrogens (tertiary/aromatic N) is 5. The molecule has 2 aromatic heterocycles. The van der Waals surface area contributed by atoms with Crippen LogP contribution in [-0.4, -0.2) is 82.4 Å². The summed E-state index contributed by atoms with van der Waals surface area (Å²) < 4.78 is 101. The number of amides is 1. The lowest BCUT2D eigenvalue weighted by Gasteiger charge is -2.30. The summed E-state index contributed by atoms with van der Waals surface area (Å²) in [7, 11) is 0. The Morgan fingerprint density at radius 3 is 2.73 bits per heavy atom. The summed E-state index contributed by atoms with van der Waals surface area (Å²) in [6.07, 6.45) is -6.29. The standard InChI is InChI=1S/C33H28F6N6O3S/c1-2-26(46)44-13-23(36)25(14-44)48-30-19-8-21(33(37,38)39)18(17-4-5-22(35)28-27(17)20(11-40)29(41)49-28)9-24(19)42-31(43-30)47-15-32-6-3-7-45(32)12-16(34)10-32/h2,4-5,8-9,16,23,25H,1,3,6-7,10,12-15,41H2/t16-,23-,25+,32+/m1/s1. The zero-order valence-electron chi connectivity index (χ0n) is 25.7. The average Bonchev–Trinajstić information content (AvgIpc) is 3.79. The maximum absolute atomic E-state index is 15.1. The fourth-order valence-electron chi connectivity index (χ4n) is 7.21. The van der Waals surface area contributed by atoms with E-state index in [1.165, 1.54) is 0 Å². The SMILES string of the molecule is C=CC(=O)N1C[C@@H](F)[C@@H](Oc2nc(OC[C@@]34CCCN3C[C@H](F)C4)nc3cc(-c4ccc(F)c5sc(N)c(C#N)c45)c(C(F)(F)F)cc23)C1. The summed E-state index contributed by atoms with van der Waals surface area (Å²) in [5, 5.41) is 9.40. The molecule has 2 N–H and O–H groups in total. The van der Waals surface area contributed by atoms with Gasteiger partial charge in [-0.15, -0.1) is 11.3 Å². The van der Waals surface area contributed by atoms with Crippen LogP contribution in [0, 0.1) is 17.1 Å². The molecule has 4 atom stereocenters. The number of aromatic nitrogens is 2. The van der Waals surface area contributed by atoms with Crippen LogP contribution in [0.25, 0.3) is 32.1 Å². The van der Waals surface area contributed by atoms with Gasteiger partial charge in [0.25, 0.3) is 0 Å². The van der Waals surface area contributed by atoms with E-state index in [2.05, 4.69) is 16.5 Å². The highest BCUT2D eigenvalue weighted by Gasteiger charge is 2.49. The molecule has 3 fully saturated rings. The molecule has 4 aromatic rings. The van der Waals surface area contributed by atoms with Crippen molar-refractivity contribution < 1.29 is 40.6 Å². The third-order valence-corrected chi connectivity index (χ3v) is 10.5. The Morgan fingerprint density at radius 2 is 2.00 bits per heavy atom. The molecule has 0 radical (unpaired) electrons. The fraction of sp³-hybridized carbons (Fsp3) is 0.394. The van der Waals surface area contributed by atoms with Gasteiger partial charge in [-0.1, -0.05) is 12.6 Å². The maximum atomic E-state index is 15.1. The number of carbonyl (C=O) groups excluding carboxylic acids is 1. The van der Waals surface area contributed by atoms with E-state index in [1.54, 1.807) is 0 Å². The van der Waals surface area contributed by atoms with Crippen LogP contribution in [-0.2, 0) is 11.0 Å². The van der Waals surface area contributed by atoms with E-state index in [1.807, 2.05) is 11.0 Å². The third-order valence-electron chi connectivity index (χ3n) is 9.48. The van der Waals surface area contributed by atoms with Crippen LogP contribution in [0.1, 0.15) is 30.4 Å². The van der Waals surface area contributed by atoms with Crippen LogP contribution in [0.2, 0.25) is 0 Å². The Hall–Kier alpha value is -4.62. The summed E-state index contributed by atoms with van der Waals surface area (Å²) in [5.41, 5.74) is 3.35. The van der Waals surface area contributed by atoms with Crippen LogP contribution in [0.5, 0.6) is 11.9 Å². The van der Waals surface area contributed by atoms with Gasteiger partial charge in [-0.2, -0.15) is 28.4 Å².